The first-order valence-corrected chi connectivity index (χ1v) is 6.73. The van der Waals surface area contributed by atoms with Crippen molar-refractivity contribution in [3.8, 4) is 5.88 Å². The summed E-state index contributed by atoms with van der Waals surface area (Å²) in [5, 5.41) is 6.83. The predicted molar refractivity (Wildman–Crippen MR) is 72.1 cm³/mol. The van der Waals surface area contributed by atoms with E-state index in [-0.39, 0.29) is 0 Å². The summed E-state index contributed by atoms with van der Waals surface area (Å²) >= 11 is 0. The highest BCUT2D eigenvalue weighted by Gasteiger charge is 2.19. The SMILES string of the molecule is CCOc1ncnc(NCCCNC2CC2)c1C. The van der Waals surface area contributed by atoms with Crippen molar-refractivity contribution in [3.63, 3.8) is 0 Å². The number of rotatable bonds is 8. The van der Waals surface area contributed by atoms with Crippen molar-refractivity contribution in [3.05, 3.63) is 11.9 Å². The van der Waals surface area contributed by atoms with Crippen molar-refractivity contribution >= 4 is 5.82 Å². The second kappa shape index (κ2) is 6.54. The standard InChI is InChI=1S/C13H22N4O/c1-3-18-13-10(2)12(16-9-17-13)15-8-4-7-14-11-5-6-11/h9,11,14H,3-8H2,1-2H3,(H,15,16,17). The lowest BCUT2D eigenvalue weighted by Crippen LogP contribution is -2.20. The van der Waals surface area contributed by atoms with Crippen molar-refractivity contribution in [1.29, 1.82) is 0 Å². The lowest BCUT2D eigenvalue weighted by molar-refractivity contribution is 0.324. The Labute approximate surface area is 108 Å². The van der Waals surface area contributed by atoms with E-state index in [0.717, 1.165) is 36.9 Å². The molecule has 18 heavy (non-hydrogen) atoms. The number of hydrogen-bond acceptors (Lipinski definition) is 5. The Kier molecular flexibility index (Phi) is 4.75. The maximum atomic E-state index is 5.44. The van der Waals surface area contributed by atoms with E-state index in [2.05, 4.69) is 20.6 Å². The third-order valence-corrected chi connectivity index (χ3v) is 2.98. The van der Waals surface area contributed by atoms with E-state index in [4.69, 9.17) is 4.74 Å². The Hall–Kier alpha value is -1.36. The van der Waals surface area contributed by atoms with Gasteiger partial charge < -0.3 is 15.4 Å². The van der Waals surface area contributed by atoms with Crippen molar-refractivity contribution in [2.75, 3.05) is 25.0 Å². The summed E-state index contributed by atoms with van der Waals surface area (Å²) in [7, 11) is 0. The molecule has 0 spiro atoms. The first-order valence-electron chi connectivity index (χ1n) is 6.73. The topological polar surface area (TPSA) is 59.1 Å². The Bertz CT molecular complexity index is 379. The molecule has 0 saturated heterocycles. The zero-order valence-electron chi connectivity index (χ0n) is 11.2. The molecular formula is C13H22N4O. The molecule has 1 aromatic rings. The molecule has 1 heterocycles. The summed E-state index contributed by atoms with van der Waals surface area (Å²) in [5.41, 5.74) is 0.981. The van der Waals surface area contributed by atoms with Gasteiger partial charge in [-0.2, -0.15) is 0 Å². The van der Waals surface area contributed by atoms with Gasteiger partial charge >= 0.3 is 0 Å². The number of nitrogens with one attached hydrogen (secondary N) is 2. The molecule has 1 saturated carbocycles. The highest BCUT2D eigenvalue weighted by molar-refractivity contribution is 5.47. The summed E-state index contributed by atoms with van der Waals surface area (Å²) in [4.78, 5) is 8.36. The molecule has 5 nitrogen and oxygen atoms in total. The average molecular weight is 250 g/mol. The molecule has 0 bridgehead atoms. The van der Waals surface area contributed by atoms with Gasteiger partial charge in [0.1, 0.15) is 12.1 Å². The van der Waals surface area contributed by atoms with E-state index in [1.807, 2.05) is 13.8 Å². The molecule has 0 aliphatic heterocycles. The lowest BCUT2D eigenvalue weighted by atomic mass is 10.3. The molecule has 100 valence electrons. The fourth-order valence-corrected chi connectivity index (χ4v) is 1.78. The Balaban J connectivity index is 1.75. The van der Waals surface area contributed by atoms with Gasteiger partial charge in [-0.25, -0.2) is 9.97 Å². The third kappa shape index (κ3) is 3.84. The van der Waals surface area contributed by atoms with E-state index in [1.54, 1.807) is 6.33 Å². The van der Waals surface area contributed by atoms with E-state index in [1.165, 1.54) is 12.8 Å². The van der Waals surface area contributed by atoms with Crippen LogP contribution in [-0.4, -0.2) is 35.7 Å². The number of ether oxygens (including phenoxy) is 1. The molecule has 0 unspecified atom stereocenters. The normalized spacial score (nSPS) is 14.6. The second-order valence-corrected chi connectivity index (χ2v) is 4.59. The summed E-state index contributed by atoms with van der Waals surface area (Å²) in [5.74, 6) is 1.55. The van der Waals surface area contributed by atoms with Gasteiger partial charge in [0.2, 0.25) is 5.88 Å². The summed E-state index contributed by atoms with van der Waals surface area (Å²) in [6.07, 6.45) is 5.33. The summed E-state index contributed by atoms with van der Waals surface area (Å²) < 4.78 is 5.44. The molecule has 0 radical (unpaired) electrons. The van der Waals surface area contributed by atoms with Crippen LogP contribution in [0.4, 0.5) is 5.82 Å². The molecule has 0 atom stereocenters. The molecule has 1 fully saturated rings. The fourth-order valence-electron chi connectivity index (χ4n) is 1.78. The Morgan fingerprint density at radius 1 is 1.33 bits per heavy atom. The van der Waals surface area contributed by atoms with Crippen molar-refractivity contribution in [2.45, 2.75) is 39.2 Å². The average Bonchev–Trinajstić information content (AvgIpc) is 3.17. The van der Waals surface area contributed by atoms with Crippen molar-refractivity contribution in [2.24, 2.45) is 0 Å². The number of anilines is 1. The molecule has 1 aliphatic carbocycles. The molecule has 5 heteroatoms. The van der Waals surface area contributed by atoms with Gasteiger partial charge in [-0.05, 0) is 39.7 Å². The third-order valence-electron chi connectivity index (χ3n) is 2.98. The van der Waals surface area contributed by atoms with Gasteiger partial charge in [0.25, 0.3) is 0 Å². The van der Waals surface area contributed by atoms with E-state index >= 15 is 0 Å². The molecular weight excluding hydrogens is 228 g/mol. The summed E-state index contributed by atoms with van der Waals surface area (Å²) in [6.45, 7) is 6.56. The van der Waals surface area contributed by atoms with Gasteiger partial charge in [-0.1, -0.05) is 0 Å². The van der Waals surface area contributed by atoms with E-state index < -0.39 is 0 Å². The van der Waals surface area contributed by atoms with Gasteiger partial charge in [0.15, 0.2) is 0 Å². The highest BCUT2D eigenvalue weighted by atomic mass is 16.5. The molecule has 2 N–H and O–H groups in total. The largest absolute Gasteiger partial charge is 0.478 e. The van der Waals surface area contributed by atoms with Crippen molar-refractivity contribution < 1.29 is 4.74 Å². The van der Waals surface area contributed by atoms with Crippen LogP contribution in [0.3, 0.4) is 0 Å². The molecule has 0 aromatic carbocycles. The second-order valence-electron chi connectivity index (χ2n) is 4.59. The highest BCUT2D eigenvalue weighted by Crippen LogP contribution is 2.20. The quantitative estimate of drug-likeness (QED) is 0.688. The Morgan fingerprint density at radius 2 is 2.17 bits per heavy atom. The minimum atomic E-state index is 0.628. The van der Waals surface area contributed by atoms with Crippen LogP contribution in [0, 0.1) is 6.92 Å². The first kappa shape index (κ1) is 13.1. The monoisotopic (exact) mass is 250 g/mol. The fraction of sp³-hybridized carbons (Fsp3) is 0.692. The van der Waals surface area contributed by atoms with Gasteiger partial charge in [-0.3, -0.25) is 0 Å². The van der Waals surface area contributed by atoms with Crippen LogP contribution in [0.15, 0.2) is 6.33 Å². The molecule has 0 amide bonds. The van der Waals surface area contributed by atoms with Crippen LogP contribution in [-0.2, 0) is 0 Å². The molecule has 1 aliphatic rings. The number of nitrogens with zero attached hydrogens (tertiary/aromatic N) is 2. The number of hydrogen-bond donors (Lipinski definition) is 2. The molecule has 2 rings (SSSR count). The predicted octanol–water partition coefficient (Wildman–Crippen LogP) is 1.74. The van der Waals surface area contributed by atoms with Crippen LogP contribution < -0.4 is 15.4 Å². The van der Waals surface area contributed by atoms with Gasteiger partial charge in [-0.15, -0.1) is 0 Å². The van der Waals surface area contributed by atoms with Crippen molar-refractivity contribution in [1.82, 2.24) is 15.3 Å². The van der Waals surface area contributed by atoms with Crippen LogP contribution >= 0.6 is 0 Å². The minimum Gasteiger partial charge on any atom is -0.478 e. The summed E-state index contributed by atoms with van der Waals surface area (Å²) in [6, 6.07) is 0.787. The first-order chi connectivity index (χ1) is 8.81. The zero-order valence-corrected chi connectivity index (χ0v) is 11.2. The Morgan fingerprint density at radius 3 is 2.89 bits per heavy atom. The van der Waals surface area contributed by atoms with Gasteiger partial charge in [0.05, 0.1) is 12.2 Å². The maximum absolute atomic E-state index is 5.44. The van der Waals surface area contributed by atoms with E-state index in [9.17, 15) is 0 Å². The molecule has 1 aromatic heterocycles. The van der Waals surface area contributed by atoms with Crippen LogP contribution in [0.5, 0.6) is 5.88 Å². The maximum Gasteiger partial charge on any atom is 0.221 e. The van der Waals surface area contributed by atoms with Crippen LogP contribution in [0.2, 0.25) is 0 Å². The zero-order chi connectivity index (χ0) is 12.8. The lowest BCUT2D eigenvalue weighted by Gasteiger charge is -2.11. The van der Waals surface area contributed by atoms with Crippen LogP contribution in [0.1, 0.15) is 31.7 Å². The van der Waals surface area contributed by atoms with Crippen LogP contribution in [0.25, 0.3) is 0 Å². The smallest absolute Gasteiger partial charge is 0.221 e. The number of aromatic nitrogens is 2. The van der Waals surface area contributed by atoms with Gasteiger partial charge in [0, 0.05) is 12.6 Å². The van der Waals surface area contributed by atoms with E-state index in [0.29, 0.717) is 12.5 Å². The minimum absolute atomic E-state index is 0.628.